The second kappa shape index (κ2) is 7.56. The molecule has 0 spiro atoms. The average Bonchev–Trinajstić information content (AvgIpc) is 2.51. The van der Waals surface area contributed by atoms with Crippen LogP contribution in [0.3, 0.4) is 0 Å². The van der Waals surface area contributed by atoms with Crippen molar-refractivity contribution in [2.45, 2.75) is 26.2 Å². The first-order valence-corrected chi connectivity index (χ1v) is 7.91. The van der Waals surface area contributed by atoms with Gasteiger partial charge in [0.2, 0.25) is 0 Å². The lowest BCUT2D eigenvalue weighted by atomic mass is 9.99. The largest absolute Gasteiger partial charge is 0.332 e. The van der Waals surface area contributed by atoms with Crippen LogP contribution in [0.4, 0.5) is 15.8 Å². The van der Waals surface area contributed by atoms with Crippen molar-refractivity contribution in [1.29, 1.82) is 0 Å². The van der Waals surface area contributed by atoms with Gasteiger partial charge >= 0.3 is 0 Å². The molecule has 0 bridgehead atoms. The molecule has 2 aromatic carbocycles. The van der Waals surface area contributed by atoms with E-state index in [-0.39, 0.29) is 5.02 Å². The van der Waals surface area contributed by atoms with E-state index in [1.165, 1.54) is 17.7 Å². The summed E-state index contributed by atoms with van der Waals surface area (Å²) >= 11 is 11.0. The molecule has 2 nitrogen and oxygen atoms in total. The standard InChI is InChI=1S/C17H18ClFN2S/c1-3-11(2)12-4-6-13(7-5-12)20-17(22)21-14-8-9-16(19)15(18)10-14/h4-11H,3H2,1-2H3,(H2,20,21,22). The smallest absolute Gasteiger partial charge is 0.175 e. The van der Waals surface area contributed by atoms with E-state index in [1.807, 2.05) is 12.1 Å². The number of benzene rings is 2. The van der Waals surface area contributed by atoms with Crippen LogP contribution in [0.5, 0.6) is 0 Å². The van der Waals surface area contributed by atoms with Gasteiger partial charge in [-0.2, -0.15) is 0 Å². The number of anilines is 2. The van der Waals surface area contributed by atoms with E-state index in [4.69, 9.17) is 23.8 Å². The molecule has 0 saturated carbocycles. The summed E-state index contributed by atoms with van der Waals surface area (Å²) in [6.07, 6.45) is 1.11. The molecule has 0 saturated heterocycles. The summed E-state index contributed by atoms with van der Waals surface area (Å²) in [6, 6.07) is 12.5. The molecule has 0 aromatic heterocycles. The van der Waals surface area contributed by atoms with Crippen LogP contribution in [-0.2, 0) is 0 Å². The lowest BCUT2D eigenvalue weighted by Crippen LogP contribution is -2.19. The van der Waals surface area contributed by atoms with Crippen LogP contribution in [-0.4, -0.2) is 5.11 Å². The van der Waals surface area contributed by atoms with Crippen LogP contribution >= 0.6 is 23.8 Å². The molecule has 0 heterocycles. The zero-order valence-corrected chi connectivity index (χ0v) is 14.1. The Kier molecular flexibility index (Phi) is 5.75. The summed E-state index contributed by atoms with van der Waals surface area (Å²) in [4.78, 5) is 0. The Labute approximate surface area is 140 Å². The van der Waals surface area contributed by atoms with Gasteiger partial charge in [-0.1, -0.05) is 37.6 Å². The van der Waals surface area contributed by atoms with Gasteiger partial charge in [-0.3, -0.25) is 0 Å². The maximum atomic E-state index is 13.1. The minimum Gasteiger partial charge on any atom is -0.332 e. The second-order valence-corrected chi connectivity index (χ2v) is 5.95. The van der Waals surface area contributed by atoms with Crippen molar-refractivity contribution in [3.63, 3.8) is 0 Å². The summed E-state index contributed by atoms with van der Waals surface area (Å²) in [5, 5.41) is 6.56. The molecular weight excluding hydrogens is 319 g/mol. The van der Waals surface area contributed by atoms with Crippen molar-refractivity contribution in [3.05, 3.63) is 58.9 Å². The van der Waals surface area contributed by atoms with E-state index in [2.05, 4.69) is 36.6 Å². The fraction of sp³-hybridized carbons (Fsp3) is 0.235. The third kappa shape index (κ3) is 4.42. The van der Waals surface area contributed by atoms with E-state index < -0.39 is 5.82 Å². The normalized spacial score (nSPS) is 11.8. The molecule has 1 unspecified atom stereocenters. The topological polar surface area (TPSA) is 24.1 Å². The molecule has 0 amide bonds. The second-order valence-electron chi connectivity index (χ2n) is 5.14. The Hall–Kier alpha value is -1.65. The Morgan fingerprint density at radius 3 is 2.32 bits per heavy atom. The highest BCUT2D eigenvalue weighted by molar-refractivity contribution is 7.80. The van der Waals surface area contributed by atoms with E-state index >= 15 is 0 Å². The zero-order valence-electron chi connectivity index (χ0n) is 12.5. The molecular formula is C17H18ClFN2S. The van der Waals surface area contributed by atoms with Crippen LogP contribution in [0.15, 0.2) is 42.5 Å². The molecule has 5 heteroatoms. The summed E-state index contributed by atoms with van der Waals surface area (Å²) in [6.45, 7) is 4.37. The Morgan fingerprint density at radius 2 is 1.73 bits per heavy atom. The zero-order chi connectivity index (χ0) is 16.1. The monoisotopic (exact) mass is 336 g/mol. The van der Waals surface area contributed by atoms with E-state index in [0.717, 1.165) is 12.1 Å². The Balaban J connectivity index is 1.98. The summed E-state index contributed by atoms with van der Waals surface area (Å²) < 4.78 is 13.1. The van der Waals surface area contributed by atoms with Gasteiger partial charge in [-0.05, 0) is 60.5 Å². The first-order valence-electron chi connectivity index (χ1n) is 7.12. The number of hydrogen-bond acceptors (Lipinski definition) is 1. The fourth-order valence-electron chi connectivity index (χ4n) is 2.00. The minimum atomic E-state index is -0.452. The molecule has 0 aliphatic heterocycles. The van der Waals surface area contributed by atoms with Gasteiger partial charge in [0, 0.05) is 11.4 Å². The predicted octanol–water partition coefficient (Wildman–Crippen LogP) is 5.80. The Bertz CT molecular complexity index is 658. The molecule has 0 aliphatic rings. The SMILES string of the molecule is CCC(C)c1ccc(NC(=S)Nc2ccc(F)c(Cl)c2)cc1. The van der Waals surface area contributed by atoms with E-state index in [0.29, 0.717) is 16.7 Å². The quantitative estimate of drug-likeness (QED) is 0.690. The minimum absolute atomic E-state index is 0.0608. The van der Waals surface area contributed by atoms with Crippen molar-refractivity contribution in [3.8, 4) is 0 Å². The highest BCUT2D eigenvalue weighted by Crippen LogP contribution is 2.21. The van der Waals surface area contributed by atoms with Gasteiger partial charge < -0.3 is 10.6 Å². The molecule has 1 atom stereocenters. The van der Waals surface area contributed by atoms with Crippen LogP contribution in [0.25, 0.3) is 0 Å². The van der Waals surface area contributed by atoms with Crippen molar-refractivity contribution >= 4 is 40.3 Å². The third-order valence-corrected chi connectivity index (χ3v) is 4.02. The van der Waals surface area contributed by atoms with Gasteiger partial charge in [0.15, 0.2) is 5.11 Å². The highest BCUT2D eigenvalue weighted by Gasteiger charge is 2.05. The Morgan fingerprint density at radius 1 is 1.14 bits per heavy atom. The maximum Gasteiger partial charge on any atom is 0.175 e. The van der Waals surface area contributed by atoms with Gasteiger partial charge in [-0.25, -0.2) is 4.39 Å². The highest BCUT2D eigenvalue weighted by atomic mass is 35.5. The molecule has 2 rings (SSSR count). The maximum absolute atomic E-state index is 13.1. The molecule has 22 heavy (non-hydrogen) atoms. The van der Waals surface area contributed by atoms with Crippen LogP contribution < -0.4 is 10.6 Å². The number of nitrogens with one attached hydrogen (secondary N) is 2. The summed E-state index contributed by atoms with van der Waals surface area (Å²) in [5.41, 5.74) is 2.84. The first kappa shape index (κ1) is 16.7. The van der Waals surface area contributed by atoms with Crippen molar-refractivity contribution in [2.24, 2.45) is 0 Å². The molecule has 0 radical (unpaired) electrons. The van der Waals surface area contributed by atoms with Crippen LogP contribution in [0.1, 0.15) is 31.7 Å². The lowest BCUT2D eigenvalue weighted by molar-refractivity contribution is 0.628. The van der Waals surface area contributed by atoms with Gasteiger partial charge in [0.25, 0.3) is 0 Å². The average molecular weight is 337 g/mol. The van der Waals surface area contributed by atoms with Gasteiger partial charge in [-0.15, -0.1) is 0 Å². The van der Waals surface area contributed by atoms with Gasteiger partial charge in [0.1, 0.15) is 5.82 Å². The fourth-order valence-corrected chi connectivity index (χ4v) is 2.41. The molecule has 0 fully saturated rings. The number of thiocarbonyl (C=S) groups is 1. The predicted molar refractivity (Wildman–Crippen MR) is 96.4 cm³/mol. The number of halogens is 2. The van der Waals surface area contributed by atoms with Crippen molar-refractivity contribution in [2.75, 3.05) is 10.6 Å². The van der Waals surface area contributed by atoms with E-state index in [9.17, 15) is 4.39 Å². The molecule has 116 valence electrons. The summed E-state index contributed by atoms with van der Waals surface area (Å²) in [7, 11) is 0. The molecule has 0 aliphatic carbocycles. The van der Waals surface area contributed by atoms with Gasteiger partial charge in [0.05, 0.1) is 5.02 Å². The first-order chi connectivity index (χ1) is 10.5. The van der Waals surface area contributed by atoms with E-state index in [1.54, 1.807) is 6.07 Å². The number of rotatable bonds is 4. The van der Waals surface area contributed by atoms with Crippen LogP contribution in [0, 0.1) is 5.82 Å². The lowest BCUT2D eigenvalue weighted by Gasteiger charge is -2.13. The number of hydrogen-bond donors (Lipinski definition) is 2. The third-order valence-electron chi connectivity index (χ3n) is 3.53. The molecule has 2 N–H and O–H groups in total. The van der Waals surface area contributed by atoms with Crippen molar-refractivity contribution in [1.82, 2.24) is 0 Å². The van der Waals surface area contributed by atoms with Crippen molar-refractivity contribution < 1.29 is 4.39 Å². The summed E-state index contributed by atoms with van der Waals surface area (Å²) in [5.74, 6) is 0.0900. The van der Waals surface area contributed by atoms with Crippen LogP contribution in [0.2, 0.25) is 5.02 Å². The molecule has 2 aromatic rings.